The number of nitrogens with zero attached hydrogens (tertiary/aromatic N) is 1. The number of hydrogen-bond donors (Lipinski definition) is 2. The lowest BCUT2D eigenvalue weighted by Crippen LogP contribution is -2.53. The summed E-state index contributed by atoms with van der Waals surface area (Å²) in [5, 5.41) is 13.9. The highest BCUT2D eigenvalue weighted by Crippen LogP contribution is 2.19. The van der Waals surface area contributed by atoms with Crippen molar-refractivity contribution in [3.8, 4) is 0 Å². The maximum Gasteiger partial charge on any atom is 0.269 e. The third-order valence-electron chi connectivity index (χ3n) is 3.89. The zero-order valence-corrected chi connectivity index (χ0v) is 13.8. The summed E-state index contributed by atoms with van der Waals surface area (Å²) in [7, 11) is -1.94. The van der Waals surface area contributed by atoms with Gasteiger partial charge in [0.05, 0.1) is 22.8 Å². The number of sulfonamides is 1. The van der Waals surface area contributed by atoms with E-state index in [0.29, 0.717) is 12.2 Å². The minimum absolute atomic E-state index is 0.0617. The smallest absolute Gasteiger partial charge is 0.269 e. The van der Waals surface area contributed by atoms with Gasteiger partial charge in [-0.25, -0.2) is 13.1 Å². The molecule has 1 aromatic carbocycles. The van der Waals surface area contributed by atoms with E-state index in [1.807, 2.05) is 0 Å². The fourth-order valence-electron chi connectivity index (χ4n) is 2.70. The third kappa shape index (κ3) is 4.96. The number of methoxy groups -OCH3 is 1. The van der Waals surface area contributed by atoms with E-state index in [1.165, 1.54) is 24.3 Å². The van der Waals surface area contributed by atoms with Crippen molar-refractivity contribution in [1.82, 2.24) is 10.0 Å². The molecule has 0 saturated carbocycles. The Bertz CT molecular complexity index is 639. The van der Waals surface area contributed by atoms with Gasteiger partial charge in [-0.1, -0.05) is 12.1 Å². The molecule has 9 heteroatoms. The molecule has 1 fully saturated rings. The van der Waals surface area contributed by atoms with E-state index in [4.69, 9.17) is 4.74 Å². The van der Waals surface area contributed by atoms with E-state index >= 15 is 0 Å². The van der Waals surface area contributed by atoms with Gasteiger partial charge in [0.1, 0.15) is 0 Å². The van der Waals surface area contributed by atoms with Crippen LogP contribution in [-0.4, -0.2) is 45.7 Å². The lowest BCUT2D eigenvalue weighted by Gasteiger charge is -2.28. The van der Waals surface area contributed by atoms with Gasteiger partial charge in [0, 0.05) is 25.8 Å². The van der Waals surface area contributed by atoms with E-state index < -0.39 is 14.9 Å². The molecule has 1 aliphatic rings. The predicted octanol–water partition coefficient (Wildman–Crippen LogP) is 0.783. The minimum atomic E-state index is -3.53. The van der Waals surface area contributed by atoms with Gasteiger partial charge in [-0.3, -0.25) is 10.1 Å². The Morgan fingerprint density at radius 3 is 2.61 bits per heavy atom. The topological polar surface area (TPSA) is 111 Å². The van der Waals surface area contributed by atoms with Crippen molar-refractivity contribution in [1.29, 1.82) is 0 Å². The van der Waals surface area contributed by atoms with Crippen molar-refractivity contribution in [2.45, 2.75) is 24.1 Å². The third-order valence-corrected chi connectivity index (χ3v) is 5.18. The van der Waals surface area contributed by atoms with Crippen LogP contribution in [-0.2, 0) is 20.5 Å². The largest absolute Gasteiger partial charge is 0.383 e. The van der Waals surface area contributed by atoms with E-state index in [1.54, 1.807) is 7.11 Å². The highest BCUT2D eigenvalue weighted by Gasteiger charge is 2.34. The van der Waals surface area contributed by atoms with Crippen molar-refractivity contribution in [2.24, 2.45) is 0 Å². The van der Waals surface area contributed by atoms with Crippen molar-refractivity contribution in [3.05, 3.63) is 39.9 Å². The Kier molecular flexibility index (Phi) is 5.69. The molecule has 0 radical (unpaired) electrons. The van der Waals surface area contributed by atoms with Gasteiger partial charge in [0.25, 0.3) is 5.69 Å². The highest BCUT2D eigenvalue weighted by atomic mass is 32.2. The summed E-state index contributed by atoms with van der Waals surface area (Å²) in [4.78, 5) is 10.1. The molecular weight excluding hydrogens is 322 g/mol. The average Bonchev–Trinajstić information content (AvgIpc) is 2.95. The molecule has 1 atom stereocenters. The van der Waals surface area contributed by atoms with Crippen molar-refractivity contribution >= 4 is 15.7 Å². The molecule has 2 rings (SSSR count). The number of nitrogens with one attached hydrogen (secondary N) is 2. The molecule has 0 amide bonds. The van der Waals surface area contributed by atoms with Gasteiger partial charge in [0.15, 0.2) is 0 Å². The van der Waals surface area contributed by atoms with E-state index in [9.17, 15) is 18.5 Å². The van der Waals surface area contributed by atoms with Crippen LogP contribution in [0, 0.1) is 10.1 Å². The van der Waals surface area contributed by atoms with Gasteiger partial charge in [0.2, 0.25) is 10.0 Å². The van der Waals surface area contributed by atoms with Crippen molar-refractivity contribution < 1.29 is 18.1 Å². The minimum Gasteiger partial charge on any atom is -0.383 e. The normalized spacial score (nSPS) is 21.4. The second kappa shape index (κ2) is 7.35. The number of benzene rings is 1. The lowest BCUT2D eigenvalue weighted by atomic mass is 9.99. The maximum atomic E-state index is 12.2. The standard InChI is InChI=1S/C14H21N3O5S/c1-22-11-14(7-2-8-15-14)10-16-23(20,21)9-12-3-5-13(6-4-12)17(18)19/h3-6,15-16H,2,7-11H2,1H3. The highest BCUT2D eigenvalue weighted by molar-refractivity contribution is 7.88. The molecule has 0 spiro atoms. The first-order chi connectivity index (χ1) is 10.9. The molecule has 0 aliphatic carbocycles. The van der Waals surface area contributed by atoms with Crippen molar-refractivity contribution in [3.63, 3.8) is 0 Å². The van der Waals surface area contributed by atoms with Gasteiger partial charge in [-0.15, -0.1) is 0 Å². The first-order valence-corrected chi connectivity index (χ1v) is 8.96. The van der Waals surface area contributed by atoms with E-state index in [2.05, 4.69) is 10.0 Å². The molecule has 1 aromatic rings. The summed E-state index contributed by atoms with van der Waals surface area (Å²) in [6, 6.07) is 5.51. The molecule has 0 aromatic heterocycles. The van der Waals surface area contributed by atoms with Crippen LogP contribution in [0.5, 0.6) is 0 Å². The van der Waals surface area contributed by atoms with Gasteiger partial charge in [-0.05, 0) is 24.9 Å². The Morgan fingerprint density at radius 2 is 2.09 bits per heavy atom. The molecule has 1 aliphatic heterocycles. The lowest BCUT2D eigenvalue weighted by molar-refractivity contribution is -0.384. The van der Waals surface area contributed by atoms with E-state index in [-0.39, 0.29) is 23.5 Å². The Balaban J connectivity index is 1.97. The number of nitro groups is 1. The first kappa shape index (κ1) is 17.8. The second-order valence-electron chi connectivity index (χ2n) is 5.75. The molecule has 1 unspecified atom stereocenters. The summed E-state index contributed by atoms with van der Waals surface area (Å²) >= 11 is 0. The Hall–Kier alpha value is -1.55. The maximum absolute atomic E-state index is 12.2. The Morgan fingerprint density at radius 1 is 1.39 bits per heavy atom. The van der Waals surface area contributed by atoms with Crippen LogP contribution >= 0.6 is 0 Å². The van der Waals surface area contributed by atoms with Crippen LogP contribution in [0.4, 0.5) is 5.69 Å². The SMILES string of the molecule is COCC1(CNS(=O)(=O)Cc2ccc([N+](=O)[O-])cc2)CCCN1. The predicted molar refractivity (Wildman–Crippen MR) is 85.6 cm³/mol. The van der Waals surface area contributed by atoms with Crippen LogP contribution in [0.15, 0.2) is 24.3 Å². The number of rotatable bonds is 8. The molecule has 2 N–H and O–H groups in total. The zero-order chi connectivity index (χ0) is 16.9. The Labute approximate surface area is 135 Å². The van der Waals surface area contributed by atoms with Crippen LogP contribution < -0.4 is 10.0 Å². The van der Waals surface area contributed by atoms with Gasteiger partial charge < -0.3 is 10.1 Å². The quantitative estimate of drug-likeness (QED) is 0.533. The molecular formula is C14H21N3O5S. The molecule has 1 heterocycles. The summed E-state index contributed by atoms with van der Waals surface area (Å²) in [6.45, 7) is 1.54. The average molecular weight is 343 g/mol. The van der Waals surface area contributed by atoms with Gasteiger partial charge >= 0.3 is 0 Å². The molecule has 8 nitrogen and oxygen atoms in total. The zero-order valence-electron chi connectivity index (χ0n) is 12.9. The van der Waals surface area contributed by atoms with Crippen LogP contribution in [0.2, 0.25) is 0 Å². The fourth-order valence-corrected chi connectivity index (χ4v) is 3.93. The van der Waals surface area contributed by atoms with Crippen LogP contribution in [0.25, 0.3) is 0 Å². The molecule has 1 saturated heterocycles. The summed E-state index contributed by atoms with van der Waals surface area (Å²) < 4.78 is 32.2. The number of nitro benzene ring substituents is 1. The first-order valence-electron chi connectivity index (χ1n) is 7.30. The summed E-state index contributed by atoms with van der Waals surface area (Å²) in [5.74, 6) is -0.214. The molecule has 128 valence electrons. The number of non-ortho nitro benzene ring substituents is 1. The van der Waals surface area contributed by atoms with Crippen LogP contribution in [0.1, 0.15) is 18.4 Å². The van der Waals surface area contributed by atoms with Gasteiger partial charge in [-0.2, -0.15) is 0 Å². The number of hydrogen-bond acceptors (Lipinski definition) is 6. The summed E-state index contributed by atoms with van der Waals surface area (Å²) in [6.07, 6.45) is 1.83. The monoisotopic (exact) mass is 343 g/mol. The molecule has 23 heavy (non-hydrogen) atoms. The second-order valence-corrected chi connectivity index (χ2v) is 7.55. The number of ether oxygens (including phenoxy) is 1. The van der Waals surface area contributed by atoms with Crippen molar-refractivity contribution in [2.75, 3.05) is 26.8 Å². The van der Waals surface area contributed by atoms with Crippen LogP contribution in [0.3, 0.4) is 0 Å². The fraction of sp³-hybridized carbons (Fsp3) is 0.571. The summed E-state index contributed by atoms with van der Waals surface area (Å²) in [5.41, 5.74) is 0.0775. The molecule has 0 bridgehead atoms. The van der Waals surface area contributed by atoms with E-state index in [0.717, 1.165) is 19.4 Å².